The van der Waals surface area contributed by atoms with Crippen molar-refractivity contribution in [1.29, 1.82) is 0 Å². The number of anilines is 6. The Morgan fingerprint density at radius 3 is 1.28 bits per heavy atom. The molecule has 0 atom stereocenters. The smallest absolute Gasteiger partial charge is 0.300 e. The highest BCUT2D eigenvalue weighted by atomic mass is 19.1. The lowest BCUT2D eigenvalue weighted by atomic mass is 9.89. The Bertz CT molecular complexity index is 4100. The van der Waals surface area contributed by atoms with Crippen LogP contribution in [-0.4, -0.2) is 124 Å². The fourth-order valence-electron chi connectivity index (χ4n) is 14.2. The van der Waals surface area contributed by atoms with Crippen molar-refractivity contribution in [3.63, 3.8) is 0 Å². The number of rotatable bonds is 11. The first-order valence-electron chi connectivity index (χ1n) is 30.4. The first kappa shape index (κ1) is 54.9. The maximum atomic E-state index is 15.6. The molecule has 8 heterocycles. The van der Waals surface area contributed by atoms with E-state index in [-0.39, 0.29) is 17.7 Å². The molecule has 2 saturated heterocycles. The number of fused-ring (bicyclic) bond motifs is 4. The fraction of sp³-hybridized carbons (Fsp3) is 0.415. The molecule has 3 saturated carbocycles. The Kier molecular flexibility index (Phi) is 14.7. The summed E-state index contributed by atoms with van der Waals surface area (Å²) in [5.74, 6) is -0.00880. The lowest BCUT2D eigenvalue weighted by Gasteiger charge is -2.42. The molecule has 85 heavy (non-hydrogen) atoms. The van der Waals surface area contributed by atoms with Gasteiger partial charge in [-0.3, -0.25) is 14.7 Å². The highest BCUT2D eigenvalue weighted by molar-refractivity contribution is 6.02. The molecule has 18 nitrogen and oxygen atoms in total. The van der Waals surface area contributed by atoms with Gasteiger partial charge < -0.3 is 45.4 Å². The number of piperazine rings is 2. The number of hydrogen-bond acceptors (Lipinski definition) is 16. The van der Waals surface area contributed by atoms with Crippen LogP contribution in [0.5, 0.6) is 0 Å². The lowest BCUT2D eigenvalue weighted by Crippen LogP contribution is -2.51. The molecule has 7 N–H and O–H groups in total. The highest BCUT2D eigenvalue weighted by Crippen LogP contribution is 2.43. The van der Waals surface area contributed by atoms with Gasteiger partial charge in [-0.25, -0.2) is 28.7 Å². The van der Waals surface area contributed by atoms with E-state index in [1.165, 1.54) is 76.6 Å². The standard InChI is InChI=1S/C34H39FN8O.C31H35FN8O/c1-20-15-21(2)31-29(16-20)40-34(44-31)39-28-10-3-22(17-27(28)35)26-18-43(33-30(26)32(36)37-19-38-33)25-8-6-24(7-9-25)42-13-11-41(12-14-42)23-4-5-23;1-18-13-19(2)28-26(14-18)38-31(41-28)37-25-8-3-20(15-24(25)32)23-16-40(30-27(23)29(33)35-17-36-30)22-6-4-21(5-7-22)39-11-9-34-10-12-39/h3,10,15-19,23-25H,4-9,11-14H2,1-2H3,(H,39,40)(H2,36,37,38);3,8,13-17,21-22,34H,4-7,9-12H2,1-2H3,(H,37,38)(H2,33,35,36). The maximum absolute atomic E-state index is 15.6. The van der Waals surface area contributed by atoms with Gasteiger partial charge in [-0.1, -0.05) is 24.3 Å². The van der Waals surface area contributed by atoms with Gasteiger partial charge in [-0.2, -0.15) is 9.97 Å². The van der Waals surface area contributed by atoms with Crippen LogP contribution in [0.25, 0.3) is 66.5 Å². The topological polar surface area (TPSA) is 211 Å². The van der Waals surface area contributed by atoms with Gasteiger partial charge in [0.15, 0.2) is 11.2 Å². The van der Waals surface area contributed by atoms with E-state index in [0.717, 1.165) is 148 Å². The number of hydrogen-bond donors (Lipinski definition) is 5. The van der Waals surface area contributed by atoms with Gasteiger partial charge in [-0.05, 0) is 162 Å². The first-order valence-corrected chi connectivity index (χ1v) is 30.4. The van der Waals surface area contributed by atoms with Crippen LogP contribution in [0.4, 0.5) is 43.8 Å². The van der Waals surface area contributed by atoms with Gasteiger partial charge in [0.1, 0.15) is 58.3 Å². The molecule has 4 aromatic carbocycles. The third-order valence-corrected chi connectivity index (χ3v) is 18.7. The number of nitrogens with two attached hydrogens (primary N) is 2. The quantitative estimate of drug-likeness (QED) is 0.0815. The summed E-state index contributed by atoms with van der Waals surface area (Å²) in [5.41, 5.74) is 25.2. The molecule has 0 radical (unpaired) electrons. The minimum atomic E-state index is -0.412. The minimum Gasteiger partial charge on any atom is -0.423 e. The number of benzene rings is 4. The number of oxazole rings is 2. The number of aromatic nitrogens is 8. The van der Waals surface area contributed by atoms with Crippen LogP contribution >= 0.6 is 0 Å². The molecule has 20 heteroatoms. The molecule has 15 rings (SSSR count). The molecule has 10 aromatic rings. The molecule has 0 amide bonds. The maximum Gasteiger partial charge on any atom is 0.300 e. The van der Waals surface area contributed by atoms with Crippen molar-refractivity contribution in [3.8, 4) is 22.3 Å². The van der Waals surface area contributed by atoms with Crippen LogP contribution in [0.15, 0.2) is 94.5 Å². The molecule has 2 aliphatic heterocycles. The number of nitrogens with zero attached hydrogens (tertiary/aromatic N) is 11. The first-order chi connectivity index (χ1) is 41.3. The van der Waals surface area contributed by atoms with Crippen molar-refractivity contribution in [2.45, 2.75) is 122 Å². The van der Waals surface area contributed by atoms with Crippen LogP contribution in [0.3, 0.4) is 0 Å². The Morgan fingerprint density at radius 1 is 0.494 bits per heavy atom. The summed E-state index contributed by atoms with van der Waals surface area (Å²) in [6, 6.07) is 21.6. The number of nitrogens with one attached hydrogen (secondary N) is 3. The fourth-order valence-corrected chi connectivity index (χ4v) is 14.2. The molecule has 0 unspecified atom stereocenters. The van der Waals surface area contributed by atoms with Gasteiger partial charge in [0.2, 0.25) is 0 Å². The molecule has 5 aliphatic rings. The van der Waals surface area contributed by atoms with E-state index in [4.69, 9.17) is 20.3 Å². The van der Waals surface area contributed by atoms with E-state index < -0.39 is 11.6 Å². The summed E-state index contributed by atoms with van der Waals surface area (Å²) in [7, 11) is 0. The summed E-state index contributed by atoms with van der Waals surface area (Å²) in [5, 5.41) is 11.0. The van der Waals surface area contributed by atoms with Crippen LogP contribution in [0, 0.1) is 39.3 Å². The third-order valence-electron chi connectivity index (χ3n) is 18.7. The normalized spacial score (nSPS) is 21.0. The summed E-state index contributed by atoms with van der Waals surface area (Å²) >= 11 is 0. The van der Waals surface area contributed by atoms with Gasteiger partial charge in [0.05, 0.1) is 22.1 Å². The van der Waals surface area contributed by atoms with E-state index in [1.807, 2.05) is 64.1 Å². The summed E-state index contributed by atoms with van der Waals surface area (Å²) < 4.78 is 47.3. The molecule has 5 fully saturated rings. The van der Waals surface area contributed by atoms with Crippen molar-refractivity contribution in [2.24, 2.45) is 0 Å². The minimum absolute atomic E-state index is 0.256. The van der Waals surface area contributed by atoms with Gasteiger partial charge in [-0.15, -0.1) is 0 Å². The van der Waals surface area contributed by atoms with Crippen molar-refractivity contribution < 1.29 is 17.6 Å². The largest absolute Gasteiger partial charge is 0.423 e. The van der Waals surface area contributed by atoms with Crippen molar-refractivity contribution >= 4 is 79.3 Å². The molecule has 0 spiro atoms. The van der Waals surface area contributed by atoms with Gasteiger partial charge in [0, 0.05) is 106 Å². The zero-order valence-electron chi connectivity index (χ0n) is 48.8. The Hall–Kier alpha value is -8.04. The summed E-state index contributed by atoms with van der Waals surface area (Å²) in [4.78, 5) is 34.9. The molecule has 0 bridgehead atoms. The summed E-state index contributed by atoms with van der Waals surface area (Å²) in [6.07, 6.45) is 19.0. The van der Waals surface area contributed by atoms with Gasteiger partial charge in [0.25, 0.3) is 12.0 Å². The van der Waals surface area contributed by atoms with Crippen LogP contribution in [0.2, 0.25) is 0 Å². The van der Waals surface area contributed by atoms with Gasteiger partial charge >= 0.3 is 0 Å². The zero-order valence-corrected chi connectivity index (χ0v) is 48.8. The SMILES string of the molecule is Cc1cc(C)c2oc(Nc3ccc(-c4cn(C5CCC(N6CCN(C7CC7)CC6)CC5)c5ncnc(N)c45)cc3F)nc2c1.Cc1cc(C)c2oc(Nc3ccc(-c4cn(C5CCC(N6CCNCC6)CC5)c5ncnc(N)c45)cc3F)nc2c1. The van der Waals surface area contributed by atoms with Crippen molar-refractivity contribution in [2.75, 3.05) is 74.5 Å². The van der Waals surface area contributed by atoms with Crippen molar-refractivity contribution in [1.82, 2.24) is 59.1 Å². The van der Waals surface area contributed by atoms with Crippen LogP contribution < -0.4 is 27.4 Å². The lowest BCUT2D eigenvalue weighted by molar-refractivity contribution is 0.0684. The van der Waals surface area contributed by atoms with E-state index >= 15 is 8.78 Å². The highest BCUT2D eigenvalue weighted by Gasteiger charge is 2.35. The molecule has 6 aromatic heterocycles. The second-order valence-corrected chi connectivity index (χ2v) is 24.4. The Balaban J connectivity index is 0.000000151. The second-order valence-electron chi connectivity index (χ2n) is 24.4. The monoisotopic (exact) mass is 1150 g/mol. The number of nitrogen functional groups attached to an aromatic ring is 2. The number of aryl methyl sites for hydroxylation is 4. The van der Waals surface area contributed by atoms with E-state index in [2.05, 4.69) is 82.1 Å². The number of halogens is 2. The molecular formula is C65H74F2N16O2. The van der Waals surface area contributed by atoms with Crippen LogP contribution in [-0.2, 0) is 0 Å². The third kappa shape index (κ3) is 10.9. The predicted octanol–water partition coefficient (Wildman–Crippen LogP) is 12.3. The van der Waals surface area contributed by atoms with E-state index in [0.29, 0.717) is 52.7 Å². The van der Waals surface area contributed by atoms with Crippen molar-refractivity contribution in [3.05, 3.63) is 120 Å². The average Bonchev–Trinajstić information content (AvgIpc) is 2.88. The Labute approximate surface area is 492 Å². The average molecular weight is 1150 g/mol. The second kappa shape index (κ2) is 22.8. The Morgan fingerprint density at radius 2 is 0.882 bits per heavy atom. The van der Waals surface area contributed by atoms with Crippen LogP contribution in [0.1, 0.15) is 98.5 Å². The molecule has 3 aliphatic carbocycles. The van der Waals surface area contributed by atoms with E-state index in [1.54, 1.807) is 12.1 Å². The zero-order chi connectivity index (χ0) is 58.0. The predicted molar refractivity (Wildman–Crippen MR) is 331 cm³/mol. The summed E-state index contributed by atoms with van der Waals surface area (Å²) in [6.45, 7) is 17.2. The van der Waals surface area contributed by atoms with E-state index in [9.17, 15) is 0 Å². The molecule has 440 valence electrons. The molecular weight excluding hydrogens is 1070 g/mol.